The molecule has 0 aliphatic rings. The lowest BCUT2D eigenvalue weighted by Crippen LogP contribution is -2.54. The zero-order chi connectivity index (χ0) is 14.8. The molecule has 0 fully saturated rings. The van der Waals surface area contributed by atoms with Gasteiger partial charge in [0.1, 0.15) is 7.28 Å². The van der Waals surface area contributed by atoms with Gasteiger partial charge in [0.25, 0.3) is 0 Å². The molecule has 0 aromatic heterocycles. The second-order valence-corrected chi connectivity index (χ2v) is 5.87. The maximum Gasteiger partial charge on any atom is 0.393 e. The molecule has 1 unspecified atom stereocenters. The van der Waals surface area contributed by atoms with E-state index in [0.717, 1.165) is 0 Å². The first-order valence-corrected chi connectivity index (χ1v) is 6.63. The normalized spacial score (nSPS) is 17.4. The molecule has 18 heavy (non-hydrogen) atoms. The SMILES string of the molecule is [B]C([B]CC)(C(C)(CC)CC)C(C)(C)C(F)(F)F. The van der Waals surface area contributed by atoms with E-state index in [0.29, 0.717) is 19.2 Å². The van der Waals surface area contributed by atoms with Crippen molar-refractivity contribution >= 4 is 15.1 Å². The summed E-state index contributed by atoms with van der Waals surface area (Å²) in [6, 6.07) is 0. The fourth-order valence-corrected chi connectivity index (χ4v) is 2.65. The Kier molecular flexibility index (Phi) is 5.48. The molecule has 0 aliphatic heterocycles. The highest BCUT2D eigenvalue weighted by molar-refractivity contribution is 6.54. The number of halogens is 3. The Bertz CT molecular complexity index is 270. The molecule has 0 bridgehead atoms. The lowest BCUT2D eigenvalue weighted by molar-refractivity contribution is -0.227. The van der Waals surface area contributed by atoms with E-state index in [1.165, 1.54) is 13.8 Å². The summed E-state index contributed by atoms with van der Waals surface area (Å²) in [5.74, 6) is 0. The van der Waals surface area contributed by atoms with Gasteiger partial charge in [-0.15, -0.1) is 0 Å². The van der Waals surface area contributed by atoms with Gasteiger partial charge in [0.05, 0.1) is 13.3 Å². The molecule has 0 N–H and O–H groups in total. The van der Waals surface area contributed by atoms with Crippen molar-refractivity contribution in [1.29, 1.82) is 0 Å². The quantitative estimate of drug-likeness (QED) is 0.599. The Morgan fingerprint density at radius 3 is 1.56 bits per heavy atom. The Morgan fingerprint density at radius 2 is 1.33 bits per heavy atom. The minimum absolute atomic E-state index is 0.533. The van der Waals surface area contributed by atoms with E-state index in [1.54, 1.807) is 7.28 Å². The predicted molar refractivity (Wildman–Crippen MR) is 73.2 cm³/mol. The average molecular weight is 259 g/mol. The van der Waals surface area contributed by atoms with Gasteiger partial charge in [0, 0.05) is 0 Å². The largest absolute Gasteiger partial charge is 0.393 e. The Labute approximate surface area is 112 Å². The van der Waals surface area contributed by atoms with E-state index in [-0.39, 0.29) is 0 Å². The standard InChI is InChI=1S/C13H24B2F3/c1-7-11(6,8-2)12(14,15-9-3)10(4,5)13(16,17)18/h7-9H2,1-6H3. The molecule has 0 aromatic rings. The highest BCUT2D eigenvalue weighted by Gasteiger charge is 2.62. The first-order valence-electron chi connectivity index (χ1n) is 6.63. The van der Waals surface area contributed by atoms with Crippen molar-refractivity contribution in [2.45, 2.75) is 72.1 Å². The number of hydrogen-bond acceptors (Lipinski definition) is 0. The van der Waals surface area contributed by atoms with Gasteiger partial charge in [0.2, 0.25) is 0 Å². The lowest BCUT2D eigenvalue weighted by Gasteiger charge is -2.56. The Hall–Kier alpha value is -0.0801. The third-order valence-electron chi connectivity index (χ3n) is 4.83. The van der Waals surface area contributed by atoms with Crippen LogP contribution in [-0.2, 0) is 0 Å². The summed E-state index contributed by atoms with van der Waals surface area (Å²) in [4.78, 5) is 0. The van der Waals surface area contributed by atoms with Crippen LogP contribution in [0.25, 0.3) is 0 Å². The number of rotatable bonds is 6. The molecular formula is C13H24B2F3. The summed E-state index contributed by atoms with van der Waals surface area (Å²) >= 11 is 0. The Morgan fingerprint density at radius 1 is 0.944 bits per heavy atom. The maximum atomic E-state index is 13.4. The van der Waals surface area contributed by atoms with E-state index in [9.17, 15) is 13.2 Å². The van der Waals surface area contributed by atoms with E-state index < -0.39 is 22.2 Å². The van der Waals surface area contributed by atoms with E-state index in [4.69, 9.17) is 7.85 Å². The molecule has 0 amide bonds. The lowest BCUT2D eigenvalue weighted by atomic mass is 9.25. The van der Waals surface area contributed by atoms with Crippen LogP contribution in [0.3, 0.4) is 0 Å². The minimum Gasteiger partial charge on any atom is -0.171 e. The molecule has 5 heteroatoms. The van der Waals surface area contributed by atoms with Crippen molar-refractivity contribution in [1.82, 2.24) is 0 Å². The van der Waals surface area contributed by atoms with Crippen LogP contribution in [0, 0.1) is 10.8 Å². The summed E-state index contributed by atoms with van der Waals surface area (Å²) in [5, 5.41) is -1.36. The maximum absolute atomic E-state index is 13.4. The molecule has 0 heterocycles. The monoisotopic (exact) mass is 259 g/mol. The highest BCUT2D eigenvalue weighted by Crippen LogP contribution is 2.63. The molecular weight excluding hydrogens is 235 g/mol. The van der Waals surface area contributed by atoms with Gasteiger partial charge in [-0.3, -0.25) is 0 Å². The number of hydrogen-bond donors (Lipinski definition) is 0. The van der Waals surface area contributed by atoms with Gasteiger partial charge in [-0.1, -0.05) is 65.9 Å². The van der Waals surface area contributed by atoms with Crippen LogP contribution in [0.4, 0.5) is 13.2 Å². The van der Waals surface area contributed by atoms with Crippen molar-refractivity contribution in [3.63, 3.8) is 0 Å². The van der Waals surface area contributed by atoms with Gasteiger partial charge in [0.15, 0.2) is 0 Å². The predicted octanol–water partition coefficient (Wildman–Crippen LogP) is 4.83. The fourth-order valence-electron chi connectivity index (χ4n) is 2.65. The molecule has 0 saturated heterocycles. The van der Waals surface area contributed by atoms with Gasteiger partial charge < -0.3 is 0 Å². The van der Waals surface area contributed by atoms with Crippen LogP contribution >= 0.6 is 0 Å². The molecule has 0 saturated carbocycles. The van der Waals surface area contributed by atoms with Gasteiger partial charge in [-0.25, -0.2) is 0 Å². The van der Waals surface area contributed by atoms with E-state index in [1.807, 2.05) is 27.7 Å². The van der Waals surface area contributed by atoms with Crippen LogP contribution in [0.1, 0.15) is 54.4 Å². The molecule has 0 aromatic carbocycles. The Balaban J connectivity index is 5.81. The molecule has 103 valence electrons. The summed E-state index contributed by atoms with van der Waals surface area (Å²) < 4.78 is 40.1. The molecule has 0 spiro atoms. The third-order valence-corrected chi connectivity index (χ3v) is 4.83. The minimum atomic E-state index is -4.32. The second kappa shape index (κ2) is 5.50. The van der Waals surface area contributed by atoms with Crippen LogP contribution in [0.2, 0.25) is 11.5 Å². The topological polar surface area (TPSA) is 0 Å². The summed E-state index contributed by atoms with van der Waals surface area (Å²) in [6.45, 7) is 9.92. The van der Waals surface area contributed by atoms with Crippen LogP contribution in [0.5, 0.6) is 0 Å². The van der Waals surface area contributed by atoms with Crippen LogP contribution in [0.15, 0.2) is 0 Å². The average Bonchev–Trinajstić information content (AvgIpc) is 2.26. The zero-order valence-corrected chi connectivity index (χ0v) is 12.4. The van der Waals surface area contributed by atoms with Crippen molar-refractivity contribution < 1.29 is 13.2 Å². The van der Waals surface area contributed by atoms with Gasteiger partial charge in [-0.2, -0.15) is 13.2 Å². The first kappa shape index (κ1) is 17.9. The third kappa shape index (κ3) is 2.60. The van der Waals surface area contributed by atoms with E-state index in [2.05, 4.69) is 0 Å². The van der Waals surface area contributed by atoms with Crippen molar-refractivity contribution in [2.75, 3.05) is 0 Å². The summed E-state index contributed by atoms with van der Waals surface area (Å²) in [7, 11) is 7.94. The van der Waals surface area contributed by atoms with E-state index >= 15 is 0 Å². The van der Waals surface area contributed by atoms with Crippen LogP contribution < -0.4 is 0 Å². The van der Waals surface area contributed by atoms with Crippen molar-refractivity contribution in [2.24, 2.45) is 10.8 Å². The fraction of sp³-hybridized carbons (Fsp3) is 1.00. The van der Waals surface area contributed by atoms with Crippen LogP contribution in [-0.4, -0.2) is 21.3 Å². The first-order chi connectivity index (χ1) is 7.93. The smallest absolute Gasteiger partial charge is 0.171 e. The second-order valence-electron chi connectivity index (χ2n) is 5.87. The molecule has 3 radical (unpaired) electrons. The summed E-state index contributed by atoms with van der Waals surface area (Å²) in [5.41, 5.74) is -2.52. The molecule has 0 aliphatic carbocycles. The molecule has 0 nitrogen and oxygen atoms in total. The van der Waals surface area contributed by atoms with Crippen molar-refractivity contribution in [3.05, 3.63) is 0 Å². The highest BCUT2D eigenvalue weighted by atomic mass is 19.4. The zero-order valence-electron chi connectivity index (χ0n) is 12.4. The van der Waals surface area contributed by atoms with Gasteiger partial charge >= 0.3 is 6.18 Å². The van der Waals surface area contributed by atoms with Crippen molar-refractivity contribution in [3.8, 4) is 0 Å². The summed E-state index contributed by atoms with van der Waals surface area (Å²) in [6.07, 6.45) is -2.54. The molecule has 0 rings (SSSR count). The molecule has 1 atom stereocenters. The van der Waals surface area contributed by atoms with Gasteiger partial charge in [-0.05, 0) is 5.41 Å². The number of alkyl halides is 3.